The predicted molar refractivity (Wildman–Crippen MR) is 92.1 cm³/mol. The number of aliphatic hydroxyl groups is 2. The van der Waals surface area contributed by atoms with Gasteiger partial charge in [0.05, 0.1) is 12.2 Å². The highest BCUT2D eigenvalue weighted by Crippen LogP contribution is 2.70. The molecule has 10 atom stereocenters. The van der Waals surface area contributed by atoms with Gasteiger partial charge in [-0.25, -0.2) is 0 Å². The minimum atomic E-state index is -0.523. The predicted octanol–water partition coefficient (Wildman–Crippen LogP) is 3.72. The monoisotopic (exact) mass is 334 g/mol. The van der Waals surface area contributed by atoms with Gasteiger partial charge in [0, 0.05) is 5.41 Å². The number of hydrogen-bond acceptors (Lipinski definition) is 3. The molecule has 1 saturated heterocycles. The summed E-state index contributed by atoms with van der Waals surface area (Å²) in [4.78, 5) is 0. The Bertz CT molecular complexity index is 521. The van der Waals surface area contributed by atoms with Crippen molar-refractivity contribution in [3.05, 3.63) is 0 Å². The van der Waals surface area contributed by atoms with Crippen molar-refractivity contribution in [1.29, 1.82) is 0 Å². The summed E-state index contributed by atoms with van der Waals surface area (Å²) in [5.74, 6) is 3.56. The fourth-order valence-corrected chi connectivity index (χ4v) is 8.59. The molecule has 1 aliphatic heterocycles. The maximum Gasteiger partial charge on any atom is 0.161 e. The first kappa shape index (κ1) is 16.1. The van der Waals surface area contributed by atoms with Crippen LogP contribution in [0.2, 0.25) is 0 Å². The summed E-state index contributed by atoms with van der Waals surface area (Å²) in [6, 6.07) is 0. The number of fused-ring (bicyclic) bond motifs is 4. The Morgan fingerprint density at radius 3 is 2.50 bits per heavy atom. The summed E-state index contributed by atoms with van der Waals surface area (Å²) < 4.78 is 5.94. The van der Waals surface area contributed by atoms with Crippen molar-refractivity contribution < 1.29 is 14.9 Å². The molecule has 1 heterocycles. The average molecular weight is 335 g/mol. The van der Waals surface area contributed by atoms with E-state index in [1.54, 1.807) is 0 Å². The summed E-state index contributed by atoms with van der Waals surface area (Å²) in [6.45, 7) is 4.72. The smallest absolute Gasteiger partial charge is 0.161 e. The largest absolute Gasteiger partial charge is 0.393 e. The molecule has 5 fully saturated rings. The summed E-state index contributed by atoms with van der Waals surface area (Å²) in [5, 5.41) is 21.0. The molecule has 0 amide bonds. The summed E-state index contributed by atoms with van der Waals surface area (Å²) in [5.41, 5.74) is 0.496. The van der Waals surface area contributed by atoms with Crippen LogP contribution < -0.4 is 0 Å². The van der Waals surface area contributed by atoms with Crippen molar-refractivity contribution in [2.45, 2.75) is 90.1 Å². The second kappa shape index (κ2) is 5.20. The van der Waals surface area contributed by atoms with Crippen LogP contribution in [0.3, 0.4) is 0 Å². The maximum atomic E-state index is 10.8. The van der Waals surface area contributed by atoms with Gasteiger partial charge in [0.15, 0.2) is 6.29 Å². The van der Waals surface area contributed by atoms with E-state index < -0.39 is 6.29 Å². The van der Waals surface area contributed by atoms with Crippen LogP contribution in [0.5, 0.6) is 0 Å². The van der Waals surface area contributed by atoms with Crippen LogP contribution in [0, 0.1) is 40.4 Å². The molecule has 136 valence electrons. The lowest BCUT2D eigenvalue weighted by atomic mass is 9.44. The molecule has 1 spiro atoms. The SMILES string of the molecule is C[C@@H]1OC(O)[C@]23CC[C@H]4[C@@H](CC[C@H]5C[C@H](O)CC[C@@]54C)[C@@H]2CC[C@H]13. The molecule has 2 N–H and O–H groups in total. The zero-order valence-corrected chi connectivity index (χ0v) is 15.3. The minimum absolute atomic E-state index is 0.0590. The van der Waals surface area contributed by atoms with Crippen LogP contribution in [0.1, 0.15) is 71.6 Å². The van der Waals surface area contributed by atoms with Crippen molar-refractivity contribution in [1.82, 2.24) is 0 Å². The van der Waals surface area contributed by atoms with E-state index in [0.29, 0.717) is 17.3 Å². The summed E-state index contributed by atoms with van der Waals surface area (Å²) in [7, 11) is 0. The summed E-state index contributed by atoms with van der Waals surface area (Å²) >= 11 is 0. The fourth-order valence-electron chi connectivity index (χ4n) is 8.59. The van der Waals surface area contributed by atoms with Gasteiger partial charge in [0.25, 0.3) is 0 Å². The quantitative estimate of drug-likeness (QED) is 0.710. The lowest BCUT2D eigenvalue weighted by Crippen LogP contribution is -2.56. The van der Waals surface area contributed by atoms with Gasteiger partial charge in [-0.3, -0.25) is 0 Å². The Balaban J connectivity index is 1.47. The molecule has 4 aliphatic carbocycles. The van der Waals surface area contributed by atoms with Crippen molar-refractivity contribution >= 4 is 0 Å². The molecule has 3 heteroatoms. The standard InChI is InChI=1S/C21H34O3/c1-12-16-5-6-18-15-4-3-13-11-14(22)7-9-20(13,2)17(15)8-10-21(16,18)19(23)24-12/h12-19,22-23H,3-11H2,1-2H3/t12-,13-,14+,15+,16+,17-,18-,19?,20-,21-/m0/s1. The molecule has 5 rings (SSSR count). The first-order valence-corrected chi connectivity index (χ1v) is 10.5. The van der Waals surface area contributed by atoms with Crippen LogP contribution in [0.25, 0.3) is 0 Å². The van der Waals surface area contributed by atoms with E-state index in [2.05, 4.69) is 13.8 Å². The Kier molecular flexibility index (Phi) is 3.49. The van der Waals surface area contributed by atoms with E-state index in [9.17, 15) is 10.2 Å². The number of hydrogen-bond donors (Lipinski definition) is 2. The molecule has 0 aromatic rings. The molecular formula is C21H34O3. The van der Waals surface area contributed by atoms with E-state index in [4.69, 9.17) is 4.74 Å². The molecule has 24 heavy (non-hydrogen) atoms. The van der Waals surface area contributed by atoms with E-state index in [0.717, 1.165) is 30.6 Å². The minimum Gasteiger partial charge on any atom is -0.393 e. The van der Waals surface area contributed by atoms with Crippen LogP contribution in [0.15, 0.2) is 0 Å². The molecule has 0 aromatic heterocycles. The van der Waals surface area contributed by atoms with Crippen LogP contribution in [-0.2, 0) is 4.74 Å². The first-order valence-electron chi connectivity index (χ1n) is 10.5. The Morgan fingerprint density at radius 1 is 0.875 bits per heavy atom. The lowest BCUT2D eigenvalue weighted by Gasteiger charge is -2.61. The maximum absolute atomic E-state index is 10.8. The molecule has 3 nitrogen and oxygen atoms in total. The molecule has 1 unspecified atom stereocenters. The molecular weight excluding hydrogens is 300 g/mol. The highest BCUT2D eigenvalue weighted by Gasteiger charge is 2.67. The van der Waals surface area contributed by atoms with Crippen molar-refractivity contribution in [3.8, 4) is 0 Å². The third-order valence-corrected chi connectivity index (χ3v) is 9.66. The lowest BCUT2D eigenvalue weighted by molar-refractivity contribution is -0.192. The van der Waals surface area contributed by atoms with Crippen LogP contribution in [-0.4, -0.2) is 28.7 Å². The highest BCUT2D eigenvalue weighted by atomic mass is 16.6. The van der Waals surface area contributed by atoms with E-state index in [-0.39, 0.29) is 17.6 Å². The zero-order chi connectivity index (χ0) is 16.7. The van der Waals surface area contributed by atoms with Gasteiger partial charge < -0.3 is 14.9 Å². The van der Waals surface area contributed by atoms with Crippen LogP contribution in [0.4, 0.5) is 0 Å². The van der Waals surface area contributed by atoms with Gasteiger partial charge in [-0.05, 0) is 99.7 Å². The highest BCUT2D eigenvalue weighted by molar-refractivity contribution is 5.13. The topological polar surface area (TPSA) is 49.7 Å². The Labute approximate surface area is 146 Å². The summed E-state index contributed by atoms with van der Waals surface area (Å²) in [6.07, 6.45) is 10.5. The second-order valence-electron chi connectivity index (χ2n) is 10.1. The van der Waals surface area contributed by atoms with Crippen molar-refractivity contribution in [2.75, 3.05) is 0 Å². The normalized spacial score (nSPS) is 62.5. The van der Waals surface area contributed by atoms with Gasteiger partial charge in [0.1, 0.15) is 0 Å². The van der Waals surface area contributed by atoms with Gasteiger partial charge >= 0.3 is 0 Å². The number of rotatable bonds is 0. The fraction of sp³-hybridized carbons (Fsp3) is 1.00. The molecule has 5 aliphatic rings. The zero-order valence-electron chi connectivity index (χ0n) is 15.3. The van der Waals surface area contributed by atoms with Gasteiger partial charge in [-0.1, -0.05) is 6.92 Å². The van der Waals surface area contributed by atoms with E-state index in [1.165, 1.54) is 44.9 Å². The molecule has 0 bridgehead atoms. The van der Waals surface area contributed by atoms with Crippen LogP contribution >= 0.6 is 0 Å². The Hall–Kier alpha value is -0.120. The van der Waals surface area contributed by atoms with Crippen molar-refractivity contribution in [2.24, 2.45) is 40.4 Å². The van der Waals surface area contributed by atoms with E-state index in [1.807, 2.05) is 0 Å². The van der Waals surface area contributed by atoms with Gasteiger partial charge in [-0.2, -0.15) is 0 Å². The van der Waals surface area contributed by atoms with Gasteiger partial charge in [-0.15, -0.1) is 0 Å². The first-order chi connectivity index (χ1) is 11.5. The molecule has 0 aromatic carbocycles. The van der Waals surface area contributed by atoms with Gasteiger partial charge in [0.2, 0.25) is 0 Å². The third-order valence-electron chi connectivity index (χ3n) is 9.66. The van der Waals surface area contributed by atoms with Crippen molar-refractivity contribution in [3.63, 3.8) is 0 Å². The second-order valence-corrected chi connectivity index (χ2v) is 10.1. The third kappa shape index (κ3) is 1.85. The number of aliphatic hydroxyl groups excluding tert-OH is 2. The Morgan fingerprint density at radius 2 is 1.67 bits per heavy atom. The molecule has 0 radical (unpaired) electrons. The van der Waals surface area contributed by atoms with E-state index >= 15 is 0 Å². The number of ether oxygens (including phenoxy) is 1. The average Bonchev–Trinajstić information content (AvgIpc) is 3.05. The molecule has 4 saturated carbocycles.